The largest absolute Gasteiger partial charge is 0.243 e. The predicted molar refractivity (Wildman–Crippen MR) is 97.5 cm³/mol. The Hall–Kier alpha value is -1.70. The summed E-state index contributed by atoms with van der Waals surface area (Å²) in [5.41, 5.74) is 1.69. The third kappa shape index (κ3) is 3.78. The minimum absolute atomic E-state index is 0.0120. The summed E-state index contributed by atoms with van der Waals surface area (Å²) in [6.07, 6.45) is 0.261. The van der Waals surface area contributed by atoms with Crippen molar-refractivity contribution >= 4 is 19.9 Å². The Morgan fingerprint density at radius 2 is 1.60 bits per heavy atom. The molecule has 0 aliphatic carbocycles. The number of sulfone groups is 1. The molecule has 1 saturated heterocycles. The molecule has 0 saturated carbocycles. The van der Waals surface area contributed by atoms with E-state index in [1.54, 1.807) is 48.5 Å². The second-order valence-corrected chi connectivity index (χ2v) is 10.5. The van der Waals surface area contributed by atoms with Gasteiger partial charge in [-0.25, -0.2) is 16.8 Å². The minimum Gasteiger partial charge on any atom is -0.228 e. The highest BCUT2D eigenvalue weighted by Gasteiger charge is 2.35. The lowest BCUT2D eigenvalue weighted by Crippen LogP contribution is -2.33. The van der Waals surface area contributed by atoms with E-state index in [4.69, 9.17) is 0 Å². The highest BCUT2D eigenvalue weighted by atomic mass is 32.2. The molecule has 1 aliphatic heterocycles. The SMILES string of the molecule is Cc1ccc(S(=O)(=O)N2CCC(c3ccccc3)S(=O)(=O)CC2)cc1. The molecule has 134 valence electrons. The summed E-state index contributed by atoms with van der Waals surface area (Å²) in [6.45, 7) is 2.07. The van der Waals surface area contributed by atoms with Gasteiger partial charge in [0.05, 0.1) is 15.9 Å². The highest BCUT2D eigenvalue weighted by molar-refractivity contribution is 7.92. The maximum atomic E-state index is 12.8. The molecule has 0 amide bonds. The van der Waals surface area contributed by atoms with Crippen LogP contribution in [0.1, 0.15) is 22.8 Å². The zero-order chi connectivity index (χ0) is 18.1. The Morgan fingerprint density at radius 1 is 0.960 bits per heavy atom. The Kier molecular flexibility index (Phi) is 4.99. The molecule has 1 aliphatic rings. The van der Waals surface area contributed by atoms with Crippen LogP contribution in [-0.4, -0.2) is 40.0 Å². The number of aryl methyl sites for hydroxylation is 1. The molecular weight excluding hydrogens is 358 g/mol. The standard InChI is InChI=1S/C18H21NO4S2/c1-15-7-9-17(10-8-15)25(22,23)19-12-11-18(24(20,21)14-13-19)16-5-3-2-4-6-16/h2-10,18H,11-14H2,1H3. The van der Waals surface area contributed by atoms with Crippen molar-refractivity contribution in [1.29, 1.82) is 0 Å². The van der Waals surface area contributed by atoms with Gasteiger partial charge in [-0.2, -0.15) is 4.31 Å². The van der Waals surface area contributed by atoms with Gasteiger partial charge in [0.15, 0.2) is 9.84 Å². The van der Waals surface area contributed by atoms with E-state index in [1.165, 1.54) is 4.31 Å². The van der Waals surface area contributed by atoms with Crippen LogP contribution >= 0.6 is 0 Å². The van der Waals surface area contributed by atoms with Crippen molar-refractivity contribution in [2.75, 3.05) is 18.8 Å². The van der Waals surface area contributed by atoms with Crippen LogP contribution in [0.5, 0.6) is 0 Å². The van der Waals surface area contributed by atoms with Gasteiger partial charge in [0.2, 0.25) is 10.0 Å². The lowest BCUT2D eigenvalue weighted by atomic mass is 10.1. The van der Waals surface area contributed by atoms with E-state index in [0.717, 1.165) is 11.1 Å². The summed E-state index contributed by atoms with van der Waals surface area (Å²) in [5, 5.41) is -0.660. The number of sulfonamides is 1. The zero-order valence-corrected chi connectivity index (χ0v) is 15.6. The van der Waals surface area contributed by atoms with Crippen LogP contribution in [0.3, 0.4) is 0 Å². The number of hydrogen-bond acceptors (Lipinski definition) is 4. The Balaban J connectivity index is 1.89. The van der Waals surface area contributed by atoms with Crippen LogP contribution in [0.25, 0.3) is 0 Å². The normalized spacial score (nSPS) is 21.6. The average molecular weight is 380 g/mol. The molecule has 0 N–H and O–H groups in total. The minimum atomic E-state index is -3.69. The van der Waals surface area contributed by atoms with E-state index < -0.39 is 25.1 Å². The van der Waals surface area contributed by atoms with Crippen LogP contribution in [0.4, 0.5) is 0 Å². The molecule has 1 unspecified atom stereocenters. The average Bonchev–Trinajstić information content (AvgIpc) is 2.74. The van der Waals surface area contributed by atoms with Gasteiger partial charge < -0.3 is 0 Å². The van der Waals surface area contributed by atoms with Crippen LogP contribution in [0.15, 0.2) is 59.5 Å². The van der Waals surface area contributed by atoms with Crippen molar-refractivity contribution in [2.24, 2.45) is 0 Å². The van der Waals surface area contributed by atoms with E-state index in [-0.39, 0.29) is 30.2 Å². The summed E-state index contributed by atoms with van der Waals surface area (Å²) in [6, 6.07) is 15.6. The van der Waals surface area contributed by atoms with Gasteiger partial charge in [0, 0.05) is 13.1 Å². The maximum Gasteiger partial charge on any atom is 0.243 e. The number of benzene rings is 2. The smallest absolute Gasteiger partial charge is 0.228 e. The van der Waals surface area contributed by atoms with Gasteiger partial charge in [-0.15, -0.1) is 0 Å². The Labute approximate surface area is 149 Å². The summed E-state index contributed by atoms with van der Waals surface area (Å²) >= 11 is 0. The van der Waals surface area contributed by atoms with Crippen molar-refractivity contribution in [3.05, 3.63) is 65.7 Å². The molecule has 5 nitrogen and oxygen atoms in total. The monoisotopic (exact) mass is 379 g/mol. The van der Waals surface area contributed by atoms with Crippen LogP contribution in [-0.2, 0) is 19.9 Å². The van der Waals surface area contributed by atoms with E-state index in [2.05, 4.69) is 0 Å². The third-order valence-electron chi connectivity index (χ3n) is 4.53. The quantitative estimate of drug-likeness (QED) is 0.822. The molecule has 0 spiro atoms. The molecular formula is C18H21NO4S2. The summed E-state index contributed by atoms with van der Waals surface area (Å²) in [7, 11) is -7.09. The number of nitrogens with zero attached hydrogens (tertiary/aromatic N) is 1. The van der Waals surface area contributed by atoms with E-state index >= 15 is 0 Å². The zero-order valence-electron chi connectivity index (χ0n) is 14.0. The molecule has 2 aromatic rings. The van der Waals surface area contributed by atoms with Gasteiger partial charge in [-0.05, 0) is 31.0 Å². The first-order valence-corrected chi connectivity index (χ1v) is 11.3. The van der Waals surface area contributed by atoms with Gasteiger partial charge in [0.1, 0.15) is 0 Å². The van der Waals surface area contributed by atoms with Crippen LogP contribution < -0.4 is 0 Å². The van der Waals surface area contributed by atoms with Gasteiger partial charge in [-0.3, -0.25) is 0 Å². The highest BCUT2D eigenvalue weighted by Crippen LogP contribution is 2.31. The van der Waals surface area contributed by atoms with Crippen molar-refractivity contribution < 1.29 is 16.8 Å². The summed E-state index contributed by atoms with van der Waals surface area (Å²) in [5.74, 6) is -0.169. The lowest BCUT2D eigenvalue weighted by molar-refractivity contribution is 0.428. The Bertz CT molecular complexity index is 936. The first-order valence-electron chi connectivity index (χ1n) is 8.14. The molecule has 1 fully saturated rings. The number of rotatable bonds is 3. The number of hydrogen-bond donors (Lipinski definition) is 0. The lowest BCUT2D eigenvalue weighted by Gasteiger charge is -2.19. The second-order valence-electron chi connectivity index (χ2n) is 6.27. The molecule has 0 aromatic heterocycles. The molecule has 25 heavy (non-hydrogen) atoms. The van der Waals surface area contributed by atoms with Crippen molar-refractivity contribution in [3.63, 3.8) is 0 Å². The molecule has 7 heteroatoms. The maximum absolute atomic E-state index is 12.8. The molecule has 0 bridgehead atoms. The van der Waals surface area contributed by atoms with E-state index in [1.807, 2.05) is 13.0 Å². The molecule has 2 aromatic carbocycles. The third-order valence-corrected chi connectivity index (χ3v) is 8.57. The first kappa shape index (κ1) is 18.1. The van der Waals surface area contributed by atoms with Crippen molar-refractivity contribution in [2.45, 2.75) is 23.5 Å². The van der Waals surface area contributed by atoms with Crippen LogP contribution in [0.2, 0.25) is 0 Å². The fourth-order valence-corrected chi connectivity index (χ4v) is 6.43. The summed E-state index contributed by atoms with van der Waals surface area (Å²) < 4.78 is 52.2. The first-order chi connectivity index (χ1) is 11.8. The molecule has 1 atom stereocenters. The molecule has 1 heterocycles. The second kappa shape index (κ2) is 6.90. The van der Waals surface area contributed by atoms with Crippen molar-refractivity contribution in [3.8, 4) is 0 Å². The van der Waals surface area contributed by atoms with Crippen LogP contribution in [0, 0.1) is 6.92 Å². The summed E-state index contributed by atoms with van der Waals surface area (Å²) in [4.78, 5) is 0.202. The van der Waals surface area contributed by atoms with Crippen molar-refractivity contribution in [1.82, 2.24) is 4.31 Å². The van der Waals surface area contributed by atoms with E-state index in [9.17, 15) is 16.8 Å². The van der Waals surface area contributed by atoms with Gasteiger partial charge in [-0.1, -0.05) is 48.0 Å². The Morgan fingerprint density at radius 3 is 2.24 bits per heavy atom. The predicted octanol–water partition coefficient (Wildman–Crippen LogP) is 2.55. The van der Waals surface area contributed by atoms with Gasteiger partial charge >= 0.3 is 0 Å². The fraction of sp³-hybridized carbons (Fsp3) is 0.333. The van der Waals surface area contributed by atoms with E-state index in [0.29, 0.717) is 0 Å². The molecule has 3 rings (SSSR count). The topological polar surface area (TPSA) is 71.5 Å². The molecule has 0 radical (unpaired) electrons. The van der Waals surface area contributed by atoms with Gasteiger partial charge in [0.25, 0.3) is 0 Å². The fourth-order valence-electron chi connectivity index (χ4n) is 3.07.